The molecule has 0 saturated carbocycles. The second-order valence-electron chi connectivity index (χ2n) is 3.47. The molecule has 2 aromatic rings. The highest BCUT2D eigenvalue weighted by Gasteiger charge is 2.10. The van der Waals surface area contributed by atoms with Crippen LogP contribution in [0.1, 0.15) is 20.8 Å². The van der Waals surface area contributed by atoms with Gasteiger partial charge in [-0.3, -0.25) is 9.59 Å². The first-order valence-electron chi connectivity index (χ1n) is 4.98. The quantitative estimate of drug-likeness (QED) is 0.768. The molecule has 1 aromatic carbocycles. The van der Waals surface area contributed by atoms with Crippen molar-refractivity contribution in [2.24, 2.45) is 5.73 Å². The summed E-state index contributed by atoms with van der Waals surface area (Å²) in [4.78, 5) is 26.5. The molecule has 1 heterocycles. The number of primary amides is 1. The number of aromatic nitrogens is 1. The number of hydrogen-bond donors (Lipinski definition) is 3. The normalized spacial score (nSPS) is 10.0. The molecule has 18 heavy (non-hydrogen) atoms. The molecule has 6 nitrogen and oxygen atoms in total. The molecule has 92 valence electrons. The van der Waals surface area contributed by atoms with Gasteiger partial charge in [0.15, 0.2) is 5.13 Å². The summed E-state index contributed by atoms with van der Waals surface area (Å²) in [6.45, 7) is 0. The third-order valence-electron chi connectivity index (χ3n) is 2.18. The largest absolute Gasteiger partial charge is 0.375 e. The van der Waals surface area contributed by atoms with Crippen molar-refractivity contribution in [2.75, 3.05) is 11.1 Å². The van der Waals surface area contributed by atoms with Gasteiger partial charge in [-0.2, -0.15) is 0 Å². The van der Waals surface area contributed by atoms with Crippen LogP contribution in [-0.4, -0.2) is 16.8 Å². The minimum atomic E-state index is -0.514. The van der Waals surface area contributed by atoms with Gasteiger partial charge < -0.3 is 16.8 Å². The zero-order valence-corrected chi connectivity index (χ0v) is 10.0. The van der Waals surface area contributed by atoms with Gasteiger partial charge in [-0.15, -0.1) is 11.3 Å². The molecule has 0 unspecified atom stereocenters. The molecule has 0 aliphatic carbocycles. The first kappa shape index (κ1) is 12.1. The molecule has 0 aliphatic rings. The van der Waals surface area contributed by atoms with Gasteiger partial charge in [0.25, 0.3) is 5.91 Å². The number of carbonyl (C=O) groups excluding carboxylic acids is 2. The lowest BCUT2D eigenvalue weighted by atomic mass is 10.2. The Balaban J connectivity index is 2.10. The van der Waals surface area contributed by atoms with E-state index in [-0.39, 0.29) is 11.6 Å². The highest BCUT2D eigenvalue weighted by Crippen LogP contribution is 2.14. The van der Waals surface area contributed by atoms with E-state index in [9.17, 15) is 9.59 Å². The second-order valence-corrected chi connectivity index (χ2v) is 4.36. The summed E-state index contributed by atoms with van der Waals surface area (Å²) in [5.74, 6) is -0.866. The minimum absolute atomic E-state index is 0.261. The van der Waals surface area contributed by atoms with Crippen molar-refractivity contribution < 1.29 is 9.59 Å². The maximum Gasteiger partial charge on any atom is 0.275 e. The SMILES string of the molecule is NC(=O)c1ccc(NC(=O)c2csc(N)n2)cc1. The molecular formula is C11H10N4O2S. The van der Waals surface area contributed by atoms with E-state index < -0.39 is 5.91 Å². The van der Waals surface area contributed by atoms with Crippen molar-refractivity contribution in [3.05, 3.63) is 40.9 Å². The molecule has 0 radical (unpaired) electrons. The van der Waals surface area contributed by atoms with E-state index in [1.807, 2.05) is 0 Å². The molecule has 0 aliphatic heterocycles. The smallest absolute Gasteiger partial charge is 0.275 e. The molecule has 1 aromatic heterocycles. The fraction of sp³-hybridized carbons (Fsp3) is 0. The monoisotopic (exact) mass is 262 g/mol. The van der Waals surface area contributed by atoms with E-state index >= 15 is 0 Å². The van der Waals surface area contributed by atoms with E-state index in [4.69, 9.17) is 11.5 Å². The Hall–Kier alpha value is -2.41. The zero-order chi connectivity index (χ0) is 13.1. The topological polar surface area (TPSA) is 111 Å². The van der Waals surface area contributed by atoms with Crippen molar-refractivity contribution in [3.8, 4) is 0 Å². The van der Waals surface area contributed by atoms with Crippen LogP contribution in [0, 0.1) is 0 Å². The van der Waals surface area contributed by atoms with E-state index in [1.54, 1.807) is 17.5 Å². The number of rotatable bonds is 3. The molecule has 0 spiro atoms. The van der Waals surface area contributed by atoms with Crippen LogP contribution in [0.15, 0.2) is 29.6 Å². The van der Waals surface area contributed by atoms with Crippen molar-refractivity contribution in [1.82, 2.24) is 4.98 Å². The van der Waals surface area contributed by atoms with Crippen molar-refractivity contribution in [3.63, 3.8) is 0 Å². The van der Waals surface area contributed by atoms with E-state index in [2.05, 4.69) is 10.3 Å². The first-order valence-corrected chi connectivity index (χ1v) is 5.86. The highest BCUT2D eigenvalue weighted by molar-refractivity contribution is 7.13. The van der Waals surface area contributed by atoms with Gasteiger partial charge in [0.05, 0.1) is 0 Å². The molecule has 7 heteroatoms. The molecule has 0 fully saturated rings. The molecule has 0 saturated heterocycles. The summed E-state index contributed by atoms with van der Waals surface area (Å²) in [5, 5.41) is 4.54. The lowest BCUT2D eigenvalue weighted by Crippen LogP contribution is -2.13. The Bertz CT molecular complexity index is 591. The fourth-order valence-electron chi connectivity index (χ4n) is 1.30. The minimum Gasteiger partial charge on any atom is -0.375 e. The van der Waals surface area contributed by atoms with E-state index in [1.165, 1.54) is 23.5 Å². The van der Waals surface area contributed by atoms with Gasteiger partial charge >= 0.3 is 0 Å². The Morgan fingerprint density at radius 2 is 1.89 bits per heavy atom. The van der Waals surface area contributed by atoms with Crippen LogP contribution >= 0.6 is 11.3 Å². The molecule has 0 atom stereocenters. The molecule has 2 rings (SSSR count). The lowest BCUT2D eigenvalue weighted by Gasteiger charge is -2.03. The molecule has 2 amide bonds. The van der Waals surface area contributed by atoms with Crippen molar-refractivity contribution in [2.45, 2.75) is 0 Å². The van der Waals surface area contributed by atoms with Gasteiger partial charge in [-0.1, -0.05) is 0 Å². The fourth-order valence-corrected chi connectivity index (χ4v) is 1.85. The summed E-state index contributed by atoms with van der Waals surface area (Å²) in [6.07, 6.45) is 0. The Morgan fingerprint density at radius 3 is 2.39 bits per heavy atom. The number of carbonyl (C=O) groups is 2. The van der Waals surface area contributed by atoms with Crippen LogP contribution in [0.5, 0.6) is 0 Å². The van der Waals surface area contributed by atoms with E-state index in [0.717, 1.165) is 0 Å². The predicted molar refractivity (Wildman–Crippen MR) is 69.4 cm³/mol. The van der Waals surface area contributed by atoms with Crippen LogP contribution in [0.25, 0.3) is 0 Å². The molecular weight excluding hydrogens is 252 g/mol. The molecule has 5 N–H and O–H groups in total. The van der Waals surface area contributed by atoms with Crippen LogP contribution in [-0.2, 0) is 0 Å². The Kier molecular flexibility index (Phi) is 3.24. The van der Waals surface area contributed by atoms with Crippen molar-refractivity contribution >= 4 is 34.0 Å². The average molecular weight is 262 g/mol. The average Bonchev–Trinajstić information content (AvgIpc) is 2.76. The van der Waals surface area contributed by atoms with Crippen LogP contribution in [0.3, 0.4) is 0 Å². The number of nitrogens with zero attached hydrogens (tertiary/aromatic N) is 1. The number of anilines is 2. The number of nitrogens with two attached hydrogens (primary N) is 2. The van der Waals surface area contributed by atoms with Gasteiger partial charge in [-0.25, -0.2) is 4.98 Å². The van der Waals surface area contributed by atoms with Gasteiger partial charge in [0.1, 0.15) is 5.69 Å². The number of nitrogen functional groups attached to an aromatic ring is 1. The third kappa shape index (κ3) is 2.64. The predicted octanol–water partition coefficient (Wildman–Crippen LogP) is 1.08. The number of benzene rings is 1. The summed E-state index contributed by atoms with van der Waals surface area (Å²) >= 11 is 1.19. The zero-order valence-electron chi connectivity index (χ0n) is 9.21. The Labute approximate surface area is 107 Å². The number of amides is 2. The standard InChI is InChI=1S/C11H10N4O2S/c12-9(16)6-1-3-7(4-2-6)14-10(17)8-5-18-11(13)15-8/h1-5H,(H2,12,16)(H2,13,15)(H,14,17). The maximum atomic E-state index is 11.7. The van der Waals surface area contributed by atoms with Crippen molar-refractivity contribution in [1.29, 1.82) is 0 Å². The summed E-state index contributed by atoms with van der Waals surface area (Å²) in [5.41, 5.74) is 11.7. The summed E-state index contributed by atoms with van der Waals surface area (Å²) < 4.78 is 0. The highest BCUT2D eigenvalue weighted by atomic mass is 32.1. The number of nitrogens with one attached hydrogen (secondary N) is 1. The molecule has 0 bridgehead atoms. The lowest BCUT2D eigenvalue weighted by molar-refractivity contribution is 0.0998. The van der Waals surface area contributed by atoms with E-state index in [0.29, 0.717) is 16.4 Å². The first-order chi connectivity index (χ1) is 8.56. The number of thiazole rings is 1. The summed E-state index contributed by atoms with van der Waals surface area (Å²) in [6, 6.07) is 6.25. The van der Waals surface area contributed by atoms with Crippen LogP contribution in [0.4, 0.5) is 10.8 Å². The van der Waals surface area contributed by atoms with Gasteiger partial charge in [0, 0.05) is 16.6 Å². The maximum absolute atomic E-state index is 11.7. The van der Waals surface area contributed by atoms with Crippen LogP contribution in [0.2, 0.25) is 0 Å². The van der Waals surface area contributed by atoms with Crippen LogP contribution < -0.4 is 16.8 Å². The Morgan fingerprint density at radius 1 is 1.22 bits per heavy atom. The van der Waals surface area contributed by atoms with Gasteiger partial charge in [-0.05, 0) is 24.3 Å². The second kappa shape index (κ2) is 4.84. The number of hydrogen-bond acceptors (Lipinski definition) is 5. The summed E-state index contributed by atoms with van der Waals surface area (Å²) in [7, 11) is 0. The third-order valence-corrected chi connectivity index (χ3v) is 2.86. The van der Waals surface area contributed by atoms with Gasteiger partial charge in [0.2, 0.25) is 5.91 Å².